The van der Waals surface area contributed by atoms with E-state index in [4.69, 9.17) is 17.3 Å². The van der Waals surface area contributed by atoms with Crippen LogP contribution < -0.4 is 10.6 Å². The first-order valence-corrected chi connectivity index (χ1v) is 8.12. The summed E-state index contributed by atoms with van der Waals surface area (Å²) in [6, 6.07) is 14.5. The second-order valence-corrected chi connectivity index (χ2v) is 6.79. The van der Waals surface area contributed by atoms with E-state index in [9.17, 15) is 0 Å². The van der Waals surface area contributed by atoms with Gasteiger partial charge >= 0.3 is 0 Å². The van der Waals surface area contributed by atoms with E-state index in [0.717, 1.165) is 22.5 Å². The van der Waals surface area contributed by atoms with Gasteiger partial charge in [0.1, 0.15) is 0 Å². The predicted molar refractivity (Wildman–Crippen MR) is 95.1 cm³/mol. The molecule has 4 heteroatoms. The molecule has 0 bridgehead atoms. The number of hydrogen-bond donors (Lipinski definition) is 1. The van der Waals surface area contributed by atoms with E-state index in [0.29, 0.717) is 0 Å². The monoisotopic (exact) mass is 366 g/mol. The molecule has 2 aromatic rings. The first-order valence-electron chi connectivity index (χ1n) is 6.95. The second kappa shape index (κ2) is 7.30. The normalized spacial score (nSPS) is 12.2. The summed E-state index contributed by atoms with van der Waals surface area (Å²) in [4.78, 5) is 2.23. The van der Waals surface area contributed by atoms with Gasteiger partial charge in [-0.1, -0.05) is 45.7 Å². The molecule has 2 N–H and O–H groups in total. The number of anilines is 1. The molecule has 1 unspecified atom stereocenters. The summed E-state index contributed by atoms with van der Waals surface area (Å²) in [5, 5.41) is 0.769. The summed E-state index contributed by atoms with van der Waals surface area (Å²) in [5.74, 6) is 0. The smallest absolute Gasteiger partial charge is 0.0426 e. The molecule has 21 heavy (non-hydrogen) atoms. The van der Waals surface area contributed by atoms with Crippen LogP contribution in [0.15, 0.2) is 46.9 Å². The van der Waals surface area contributed by atoms with Gasteiger partial charge in [0.15, 0.2) is 0 Å². The first kappa shape index (κ1) is 16.3. The molecule has 0 saturated carbocycles. The van der Waals surface area contributed by atoms with E-state index in [-0.39, 0.29) is 6.04 Å². The number of halogens is 2. The third-order valence-corrected chi connectivity index (χ3v) is 4.04. The van der Waals surface area contributed by atoms with Gasteiger partial charge < -0.3 is 10.6 Å². The average molecular weight is 368 g/mol. The quantitative estimate of drug-likeness (QED) is 0.835. The minimum Gasteiger partial charge on any atom is -0.370 e. The van der Waals surface area contributed by atoms with E-state index in [1.807, 2.05) is 25.1 Å². The Balaban J connectivity index is 2.25. The largest absolute Gasteiger partial charge is 0.370 e. The maximum atomic E-state index is 6.06. The maximum absolute atomic E-state index is 6.06. The van der Waals surface area contributed by atoms with Crippen LogP contribution in [0.25, 0.3) is 0 Å². The van der Waals surface area contributed by atoms with Crippen molar-refractivity contribution in [1.82, 2.24) is 0 Å². The fourth-order valence-corrected chi connectivity index (χ4v) is 2.97. The number of hydrogen-bond acceptors (Lipinski definition) is 2. The molecule has 0 fully saturated rings. The van der Waals surface area contributed by atoms with Gasteiger partial charge in [-0.15, -0.1) is 0 Å². The molecule has 1 atom stereocenters. The topological polar surface area (TPSA) is 29.3 Å². The summed E-state index contributed by atoms with van der Waals surface area (Å²) in [5.41, 5.74) is 9.61. The van der Waals surface area contributed by atoms with Crippen LogP contribution in [0, 0.1) is 0 Å². The first-order chi connectivity index (χ1) is 9.95. The Labute approximate surface area is 140 Å². The molecule has 2 rings (SSSR count). The average Bonchev–Trinajstić information content (AvgIpc) is 2.40. The molecule has 0 aliphatic carbocycles. The molecule has 0 radical (unpaired) electrons. The van der Waals surface area contributed by atoms with Crippen molar-refractivity contribution < 1.29 is 0 Å². The van der Waals surface area contributed by atoms with Gasteiger partial charge in [0.05, 0.1) is 0 Å². The molecule has 2 aromatic carbocycles. The second-order valence-electron chi connectivity index (χ2n) is 5.44. The van der Waals surface area contributed by atoms with E-state index in [1.54, 1.807) is 0 Å². The lowest BCUT2D eigenvalue weighted by Crippen LogP contribution is -2.22. The Morgan fingerprint density at radius 2 is 2.00 bits per heavy atom. The minimum absolute atomic E-state index is 0.143. The Hall–Kier alpha value is -1.03. The van der Waals surface area contributed by atoms with Crippen molar-refractivity contribution in [2.24, 2.45) is 5.73 Å². The lowest BCUT2D eigenvalue weighted by atomic mass is 10.0. The van der Waals surface area contributed by atoms with Crippen molar-refractivity contribution in [3.05, 3.63) is 63.1 Å². The molecule has 0 amide bonds. The maximum Gasteiger partial charge on any atom is 0.0426 e. The highest BCUT2D eigenvalue weighted by atomic mass is 79.9. The van der Waals surface area contributed by atoms with Crippen molar-refractivity contribution >= 4 is 33.2 Å². The molecule has 112 valence electrons. The lowest BCUT2D eigenvalue weighted by Gasteiger charge is -2.24. The van der Waals surface area contributed by atoms with Crippen LogP contribution in [0.1, 0.15) is 18.1 Å². The number of rotatable bonds is 5. The van der Waals surface area contributed by atoms with Crippen LogP contribution in [-0.2, 0) is 13.0 Å². The molecule has 0 aromatic heterocycles. The standard InChI is InChI=1S/C17H20BrClN2/c1-12(20)8-14-6-7-15(18)10-17(14)21(2)11-13-4-3-5-16(19)9-13/h3-7,9-10,12H,8,11,20H2,1-2H3. The lowest BCUT2D eigenvalue weighted by molar-refractivity contribution is 0.734. The van der Waals surface area contributed by atoms with Gasteiger partial charge in [-0.3, -0.25) is 0 Å². The zero-order chi connectivity index (χ0) is 15.4. The summed E-state index contributed by atoms with van der Waals surface area (Å²) in [7, 11) is 2.09. The summed E-state index contributed by atoms with van der Waals surface area (Å²) in [6.07, 6.45) is 0.864. The molecule has 0 saturated heterocycles. The van der Waals surface area contributed by atoms with Gasteiger partial charge in [0, 0.05) is 34.8 Å². The zero-order valence-corrected chi connectivity index (χ0v) is 14.7. The summed E-state index contributed by atoms with van der Waals surface area (Å²) < 4.78 is 1.07. The highest BCUT2D eigenvalue weighted by Crippen LogP contribution is 2.27. The van der Waals surface area contributed by atoms with Crippen molar-refractivity contribution in [2.75, 3.05) is 11.9 Å². The van der Waals surface area contributed by atoms with E-state index >= 15 is 0 Å². The van der Waals surface area contributed by atoms with Crippen LogP contribution in [0.5, 0.6) is 0 Å². The third kappa shape index (κ3) is 4.73. The molecule has 0 aliphatic rings. The highest BCUT2D eigenvalue weighted by Gasteiger charge is 2.10. The molecule has 0 spiro atoms. The Bertz CT molecular complexity index is 613. The molecule has 2 nitrogen and oxygen atoms in total. The molecule has 0 heterocycles. The predicted octanol–water partition coefficient (Wildman–Crippen LogP) is 4.63. The molecular formula is C17H20BrClN2. The highest BCUT2D eigenvalue weighted by molar-refractivity contribution is 9.10. The van der Waals surface area contributed by atoms with Gasteiger partial charge in [0.2, 0.25) is 0 Å². The fraction of sp³-hybridized carbons (Fsp3) is 0.294. The summed E-state index contributed by atoms with van der Waals surface area (Å²) >= 11 is 9.61. The van der Waals surface area contributed by atoms with Crippen LogP contribution in [-0.4, -0.2) is 13.1 Å². The van der Waals surface area contributed by atoms with E-state index in [2.05, 4.69) is 52.1 Å². The van der Waals surface area contributed by atoms with Crippen molar-refractivity contribution in [3.63, 3.8) is 0 Å². The van der Waals surface area contributed by atoms with Crippen LogP contribution >= 0.6 is 27.5 Å². The van der Waals surface area contributed by atoms with Crippen molar-refractivity contribution in [3.8, 4) is 0 Å². The van der Waals surface area contributed by atoms with E-state index < -0.39 is 0 Å². The molecule has 0 aliphatic heterocycles. The van der Waals surface area contributed by atoms with Gasteiger partial charge in [-0.25, -0.2) is 0 Å². The van der Waals surface area contributed by atoms with Gasteiger partial charge in [-0.2, -0.15) is 0 Å². The Morgan fingerprint density at radius 3 is 2.67 bits per heavy atom. The van der Waals surface area contributed by atoms with Crippen LogP contribution in [0.2, 0.25) is 5.02 Å². The van der Waals surface area contributed by atoms with Gasteiger partial charge in [0.25, 0.3) is 0 Å². The van der Waals surface area contributed by atoms with Crippen LogP contribution in [0.4, 0.5) is 5.69 Å². The number of nitrogens with zero attached hydrogens (tertiary/aromatic N) is 1. The van der Waals surface area contributed by atoms with Gasteiger partial charge in [-0.05, 0) is 48.7 Å². The Kier molecular flexibility index (Phi) is 5.68. The fourth-order valence-electron chi connectivity index (χ4n) is 2.41. The number of benzene rings is 2. The van der Waals surface area contributed by atoms with Crippen molar-refractivity contribution in [2.45, 2.75) is 25.9 Å². The third-order valence-electron chi connectivity index (χ3n) is 3.31. The minimum atomic E-state index is 0.143. The zero-order valence-electron chi connectivity index (χ0n) is 12.3. The SMILES string of the molecule is CC(N)Cc1ccc(Br)cc1N(C)Cc1cccc(Cl)c1. The van der Waals surface area contributed by atoms with E-state index in [1.165, 1.54) is 16.8 Å². The summed E-state index contributed by atoms with van der Waals surface area (Å²) in [6.45, 7) is 2.84. The number of nitrogens with two attached hydrogens (primary N) is 1. The van der Waals surface area contributed by atoms with Crippen LogP contribution in [0.3, 0.4) is 0 Å². The Morgan fingerprint density at radius 1 is 1.24 bits per heavy atom. The van der Waals surface area contributed by atoms with Crippen molar-refractivity contribution in [1.29, 1.82) is 0 Å². The molecular weight excluding hydrogens is 348 g/mol.